The molecule has 0 aliphatic rings. The summed E-state index contributed by atoms with van der Waals surface area (Å²) >= 11 is 0. The van der Waals surface area contributed by atoms with Gasteiger partial charge >= 0.3 is 0 Å². The third-order valence-electron chi connectivity index (χ3n) is 4.32. The van der Waals surface area contributed by atoms with Gasteiger partial charge in [-0.15, -0.1) is 0 Å². The van der Waals surface area contributed by atoms with Gasteiger partial charge in [0.1, 0.15) is 11.5 Å². The highest BCUT2D eigenvalue weighted by atomic mass is 16.5. The smallest absolute Gasteiger partial charge is 0.279 e. The quantitative estimate of drug-likeness (QED) is 0.604. The molecule has 2 N–H and O–H groups in total. The van der Waals surface area contributed by atoms with Crippen LogP contribution in [0.3, 0.4) is 0 Å². The van der Waals surface area contributed by atoms with Crippen LogP contribution in [0.1, 0.15) is 19.4 Å². The molecule has 1 atom stereocenters. The molecule has 0 fully saturated rings. The summed E-state index contributed by atoms with van der Waals surface area (Å²) < 4.78 is 11.0. The van der Waals surface area contributed by atoms with Gasteiger partial charge in [0, 0.05) is 0 Å². The highest BCUT2D eigenvalue weighted by Crippen LogP contribution is 2.19. The number of carbonyl (C=O) groups excluding carboxylic acids is 2. The largest absolute Gasteiger partial charge is 0.494 e. The molecule has 0 saturated carbocycles. The minimum Gasteiger partial charge on any atom is -0.494 e. The summed E-state index contributed by atoms with van der Waals surface area (Å²) in [6.45, 7) is 4.10. The van der Waals surface area contributed by atoms with Gasteiger partial charge in [0.05, 0.1) is 13.0 Å². The van der Waals surface area contributed by atoms with Crippen LogP contribution in [0.2, 0.25) is 0 Å². The zero-order chi connectivity index (χ0) is 20.6. The van der Waals surface area contributed by atoms with Crippen molar-refractivity contribution < 1.29 is 19.1 Å². The molecule has 0 aromatic heterocycles. The van der Waals surface area contributed by atoms with Gasteiger partial charge in [0.2, 0.25) is 5.91 Å². The van der Waals surface area contributed by atoms with Crippen LogP contribution in [0.4, 0.5) is 0 Å². The summed E-state index contributed by atoms with van der Waals surface area (Å²) in [4.78, 5) is 24.3. The second kappa shape index (κ2) is 9.59. The van der Waals surface area contributed by atoms with E-state index in [1.807, 2.05) is 49.4 Å². The van der Waals surface area contributed by atoms with Gasteiger partial charge < -0.3 is 9.47 Å². The number of hydrogen-bond acceptors (Lipinski definition) is 4. The summed E-state index contributed by atoms with van der Waals surface area (Å²) in [6, 6.07) is 20.8. The van der Waals surface area contributed by atoms with Gasteiger partial charge in [0.25, 0.3) is 5.91 Å². The Morgan fingerprint density at radius 2 is 1.59 bits per heavy atom. The van der Waals surface area contributed by atoms with Crippen LogP contribution in [0.25, 0.3) is 10.8 Å². The normalized spacial score (nSPS) is 11.5. The molecule has 2 amide bonds. The fourth-order valence-electron chi connectivity index (χ4n) is 2.85. The maximum Gasteiger partial charge on any atom is 0.279 e. The number of benzene rings is 3. The number of fused-ring (bicyclic) bond motifs is 1. The molecule has 6 heteroatoms. The summed E-state index contributed by atoms with van der Waals surface area (Å²) in [7, 11) is 0. The fraction of sp³-hybridized carbons (Fsp3) is 0.217. The van der Waals surface area contributed by atoms with E-state index in [-0.39, 0.29) is 12.3 Å². The minimum absolute atomic E-state index is 0.166. The topological polar surface area (TPSA) is 76.7 Å². The highest BCUT2D eigenvalue weighted by Gasteiger charge is 2.15. The summed E-state index contributed by atoms with van der Waals surface area (Å²) in [5, 5.41) is 2.18. The van der Waals surface area contributed by atoms with E-state index in [0.29, 0.717) is 12.4 Å². The van der Waals surface area contributed by atoms with E-state index in [9.17, 15) is 9.59 Å². The number of hydrogen-bond donors (Lipinski definition) is 2. The molecule has 3 aromatic carbocycles. The average Bonchev–Trinajstić information content (AvgIpc) is 2.73. The van der Waals surface area contributed by atoms with Crippen LogP contribution in [0.15, 0.2) is 66.7 Å². The van der Waals surface area contributed by atoms with Crippen molar-refractivity contribution >= 4 is 22.6 Å². The zero-order valence-electron chi connectivity index (χ0n) is 16.5. The Kier molecular flexibility index (Phi) is 6.68. The monoisotopic (exact) mass is 392 g/mol. The van der Waals surface area contributed by atoms with Crippen molar-refractivity contribution in [2.24, 2.45) is 0 Å². The highest BCUT2D eigenvalue weighted by molar-refractivity contribution is 5.87. The maximum atomic E-state index is 12.2. The van der Waals surface area contributed by atoms with E-state index in [2.05, 4.69) is 10.9 Å². The summed E-state index contributed by atoms with van der Waals surface area (Å²) in [5.41, 5.74) is 5.71. The molecule has 3 rings (SSSR count). The Morgan fingerprint density at radius 1 is 0.897 bits per heavy atom. The number of amides is 2. The first kappa shape index (κ1) is 20.2. The fourth-order valence-corrected chi connectivity index (χ4v) is 2.85. The van der Waals surface area contributed by atoms with Crippen LogP contribution in [-0.4, -0.2) is 24.5 Å². The van der Waals surface area contributed by atoms with Gasteiger partial charge in [-0.1, -0.05) is 42.5 Å². The second-order valence-electron chi connectivity index (χ2n) is 6.56. The molecular weight excluding hydrogens is 368 g/mol. The number of carbonyl (C=O) groups is 2. The molecule has 0 radical (unpaired) electrons. The minimum atomic E-state index is -0.770. The summed E-state index contributed by atoms with van der Waals surface area (Å²) in [6.07, 6.45) is -0.604. The molecule has 0 bridgehead atoms. The predicted molar refractivity (Wildman–Crippen MR) is 112 cm³/mol. The van der Waals surface area contributed by atoms with E-state index < -0.39 is 12.0 Å². The Morgan fingerprint density at radius 3 is 2.31 bits per heavy atom. The van der Waals surface area contributed by atoms with Crippen molar-refractivity contribution in [3.05, 3.63) is 72.3 Å². The molecule has 0 heterocycles. The Bertz CT molecular complexity index is 986. The molecule has 0 aliphatic carbocycles. The molecular formula is C23H24N2O4. The lowest BCUT2D eigenvalue weighted by atomic mass is 10.1. The molecule has 0 saturated heterocycles. The lowest BCUT2D eigenvalue weighted by molar-refractivity contribution is -0.132. The zero-order valence-corrected chi connectivity index (χ0v) is 16.5. The van der Waals surface area contributed by atoms with E-state index in [4.69, 9.17) is 9.47 Å². The van der Waals surface area contributed by atoms with Crippen molar-refractivity contribution in [3.63, 3.8) is 0 Å². The molecule has 0 spiro atoms. The second-order valence-corrected chi connectivity index (χ2v) is 6.56. The van der Waals surface area contributed by atoms with E-state index in [1.54, 1.807) is 31.2 Å². The molecule has 0 aliphatic heterocycles. The van der Waals surface area contributed by atoms with Gasteiger partial charge in [0.15, 0.2) is 6.10 Å². The first-order chi connectivity index (χ1) is 14.0. The molecule has 29 heavy (non-hydrogen) atoms. The lowest BCUT2D eigenvalue weighted by Crippen LogP contribution is -2.47. The maximum absolute atomic E-state index is 12.2. The van der Waals surface area contributed by atoms with Gasteiger partial charge in [-0.25, -0.2) is 0 Å². The lowest BCUT2D eigenvalue weighted by Gasteiger charge is -2.15. The average molecular weight is 392 g/mol. The van der Waals surface area contributed by atoms with Crippen LogP contribution in [-0.2, 0) is 16.0 Å². The van der Waals surface area contributed by atoms with Gasteiger partial charge in [-0.05, 0) is 54.4 Å². The van der Waals surface area contributed by atoms with Crippen molar-refractivity contribution in [3.8, 4) is 11.5 Å². The van der Waals surface area contributed by atoms with Crippen LogP contribution in [0, 0.1) is 0 Å². The number of hydrazine groups is 1. The van der Waals surface area contributed by atoms with Crippen LogP contribution < -0.4 is 20.3 Å². The molecule has 150 valence electrons. The Hall–Kier alpha value is -3.54. The molecule has 6 nitrogen and oxygen atoms in total. The number of rotatable bonds is 7. The van der Waals surface area contributed by atoms with Gasteiger partial charge in [-0.2, -0.15) is 0 Å². The first-order valence-corrected chi connectivity index (χ1v) is 9.51. The van der Waals surface area contributed by atoms with E-state index in [1.165, 1.54) is 0 Å². The third kappa shape index (κ3) is 5.72. The first-order valence-electron chi connectivity index (χ1n) is 9.51. The van der Waals surface area contributed by atoms with Crippen molar-refractivity contribution in [2.45, 2.75) is 26.4 Å². The molecule has 0 unspecified atom stereocenters. The van der Waals surface area contributed by atoms with Gasteiger partial charge in [-0.3, -0.25) is 20.4 Å². The Labute approximate surface area is 169 Å². The van der Waals surface area contributed by atoms with E-state index >= 15 is 0 Å². The van der Waals surface area contributed by atoms with Crippen molar-refractivity contribution in [2.75, 3.05) is 6.61 Å². The SMILES string of the molecule is CCOc1ccc(O[C@H](C)C(=O)NNC(=O)Cc2ccc3ccccc3c2)cc1. The van der Waals surface area contributed by atoms with E-state index in [0.717, 1.165) is 22.1 Å². The predicted octanol–water partition coefficient (Wildman–Crippen LogP) is 3.40. The molecule has 3 aromatic rings. The standard InChI is InChI=1S/C23H24N2O4/c1-3-28-20-10-12-21(13-11-20)29-16(2)23(27)25-24-22(26)15-17-8-9-18-6-4-5-7-19(18)14-17/h4-14,16H,3,15H2,1-2H3,(H,24,26)(H,25,27)/t16-/m1/s1. The van der Waals surface area contributed by atoms with Crippen LogP contribution >= 0.6 is 0 Å². The number of nitrogens with one attached hydrogen (secondary N) is 2. The Balaban J connectivity index is 1.47. The third-order valence-corrected chi connectivity index (χ3v) is 4.32. The summed E-state index contributed by atoms with van der Waals surface area (Å²) in [5.74, 6) is 0.532. The van der Waals surface area contributed by atoms with Crippen molar-refractivity contribution in [1.82, 2.24) is 10.9 Å². The number of ether oxygens (including phenoxy) is 2. The van der Waals surface area contributed by atoms with Crippen molar-refractivity contribution in [1.29, 1.82) is 0 Å². The van der Waals surface area contributed by atoms with Crippen LogP contribution in [0.5, 0.6) is 11.5 Å².